The SMILES string of the molecule is CCOC(=O)[C@H]1CC2(OCCO2)C(C)CN1[C@@H](C)c1ccccc1. The second-order valence-electron chi connectivity index (χ2n) is 6.67. The summed E-state index contributed by atoms with van der Waals surface area (Å²) in [5.41, 5.74) is 1.20. The van der Waals surface area contributed by atoms with Gasteiger partial charge in [-0.2, -0.15) is 0 Å². The maximum absolute atomic E-state index is 12.6. The van der Waals surface area contributed by atoms with Crippen molar-refractivity contribution in [3.8, 4) is 0 Å². The molecule has 1 aromatic carbocycles. The largest absolute Gasteiger partial charge is 0.465 e. The van der Waals surface area contributed by atoms with Crippen LogP contribution in [0.2, 0.25) is 0 Å². The van der Waals surface area contributed by atoms with Crippen LogP contribution in [-0.4, -0.2) is 49.1 Å². The molecule has 5 nitrogen and oxygen atoms in total. The molecule has 0 radical (unpaired) electrons. The average molecular weight is 333 g/mol. The highest BCUT2D eigenvalue weighted by Crippen LogP contribution is 2.41. The molecule has 0 N–H and O–H groups in total. The summed E-state index contributed by atoms with van der Waals surface area (Å²) >= 11 is 0. The van der Waals surface area contributed by atoms with E-state index in [4.69, 9.17) is 14.2 Å². The number of piperidine rings is 1. The lowest BCUT2D eigenvalue weighted by Crippen LogP contribution is -2.59. The number of esters is 1. The van der Waals surface area contributed by atoms with Gasteiger partial charge in [0.2, 0.25) is 0 Å². The van der Waals surface area contributed by atoms with Gasteiger partial charge >= 0.3 is 5.97 Å². The summed E-state index contributed by atoms with van der Waals surface area (Å²) in [6.45, 7) is 8.42. The van der Waals surface area contributed by atoms with Crippen LogP contribution >= 0.6 is 0 Å². The van der Waals surface area contributed by atoms with Crippen LogP contribution in [0.3, 0.4) is 0 Å². The zero-order chi connectivity index (χ0) is 17.2. The minimum Gasteiger partial charge on any atom is -0.465 e. The van der Waals surface area contributed by atoms with E-state index < -0.39 is 5.79 Å². The zero-order valence-electron chi connectivity index (χ0n) is 14.7. The predicted molar refractivity (Wildman–Crippen MR) is 90.4 cm³/mol. The number of ether oxygens (including phenoxy) is 3. The Bertz CT molecular complexity index is 556. The van der Waals surface area contributed by atoms with E-state index in [1.54, 1.807) is 0 Å². The first-order chi connectivity index (χ1) is 11.6. The molecule has 0 amide bonds. The minimum atomic E-state index is -0.648. The molecule has 5 heteroatoms. The third kappa shape index (κ3) is 3.21. The molecule has 0 aliphatic carbocycles. The van der Waals surface area contributed by atoms with E-state index in [1.165, 1.54) is 5.56 Å². The molecule has 3 atom stereocenters. The number of carbonyl (C=O) groups excluding carboxylic acids is 1. The summed E-state index contributed by atoms with van der Waals surface area (Å²) in [4.78, 5) is 14.8. The Hall–Kier alpha value is -1.43. The lowest BCUT2D eigenvalue weighted by Gasteiger charge is -2.48. The molecule has 24 heavy (non-hydrogen) atoms. The van der Waals surface area contributed by atoms with Crippen molar-refractivity contribution in [3.05, 3.63) is 35.9 Å². The Balaban J connectivity index is 1.86. The summed E-state index contributed by atoms with van der Waals surface area (Å²) in [5, 5.41) is 0. The van der Waals surface area contributed by atoms with Crippen molar-refractivity contribution in [2.75, 3.05) is 26.4 Å². The monoisotopic (exact) mass is 333 g/mol. The van der Waals surface area contributed by atoms with Crippen molar-refractivity contribution in [1.82, 2.24) is 4.90 Å². The zero-order valence-corrected chi connectivity index (χ0v) is 14.7. The van der Waals surface area contributed by atoms with Gasteiger partial charge in [0.1, 0.15) is 6.04 Å². The van der Waals surface area contributed by atoms with Gasteiger partial charge in [0.05, 0.1) is 19.8 Å². The van der Waals surface area contributed by atoms with Crippen LogP contribution in [0.5, 0.6) is 0 Å². The van der Waals surface area contributed by atoms with Crippen LogP contribution in [-0.2, 0) is 19.0 Å². The van der Waals surface area contributed by atoms with Crippen LogP contribution in [0.25, 0.3) is 0 Å². The fourth-order valence-corrected chi connectivity index (χ4v) is 3.85. The minimum absolute atomic E-state index is 0.127. The fraction of sp³-hybridized carbons (Fsp3) is 0.632. The summed E-state index contributed by atoms with van der Waals surface area (Å²) in [7, 11) is 0. The Kier molecular flexibility index (Phi) is 5.23. The fourth-order valence-electron chi connectivity index (χ4n) is 3.85. The van der Waals surface area contributed by atoms with Crippen LogP contribution < -0.4 is 0 Å². The molecule has 2 aliphatic heterocycles. The van der Waals surface area contributed by atoms with Crippen molar-refractivity contribution in [3.63, 3.8) is 0 Å². The molecule has 1 unspecified atom stereocenters. The Morgan fingerprint density at radius 3 is 2.62 bits per heavy atom. The Morgan fingerprint density at radius 1 is 1.33 bits per heavy atom. The molecule has 2 heterocycles. The highest BCUT2D eigenvalue weighted by atomic mass is 16.7. The van der Waals surface area contributed by atoms with Gasteiger partial charge in [-0.15, -0.1) is 0 Å². The number of benzene rings is 1. The van der Waals surface area contributed by atoms with E-state index in [0.29, 0.717) is 26.2 Å². The quantitative estimate of drug-likeness (QED) is 0.793. The summed E-state index contributed by atoms with van der Waals surface area (Å²) in [5.74, 6) is -0.646. The van der Waals surface area contributed by atoms with Crippen molar-refractivity contribution < 1.29 is 19.0 Å². The van der Waals surface area contributed by atoms with Gasteiger partial charge in [-0.3, -0.25) is 9.69 Å². The lowest BCUT2D eigenvalue weighted by atomic mass is 9.85. The van der Waals surface area contributed by atoms with Gasteiger partial charge in [-0.25, -0.2) is 0 Å². The standard InChI is InChI=1S/C19H27NO4/c1-4-22-18(21)17-12-19(23-10-11-24-19)14(2)13-20(17)15(3)16-8-6-5-7-9-16/h5-9,14-15,17H,4,10-13H2,1-3H3/t14?,15-,17+/m0/s1. The maximum Gasteiger partial charge on any atom is 0.323 e. The summed E-state index contributed by atoms with van der Waals surface area (Å²) in [6, 6.07) is 10.0. The molecule has 132 valence electrons. The summed E-state index contributed by atoms with van der Waals surface area (Å²) in [6.07, 6.45) is 0.518. The van der Waals surface area contributed by atoms with E-state index >= 15 is 0 Å². The van der Waals surface area contributed by atoms with Crippen LogP contribution in [0, 0.1) is 5.92 Å². The maximum atomic E-state index is 12.6. The van der Waals surface area contributed by atoms with Crippen molar-refractivity contribution in [1.29, 1.82) is 0 Å². The van der Waals surface area contributed by atoms with Crippen LogP contribution in [0.1, 0.15) is 38.8 Å². The molecule has 0 saturated carbocycles. The van der Waals surface area contributed by atoms with Gasteiger partial charge < -0.3 is 14.2 Å². The van der Waals surface area contributed by atoms with Crippen LogP contribution in [0.15, 0.2) is 30.3 Å². The molecule has 2 saturated heterocycles. The summed E-state index contributed by atoms with van der Waals surface area (Å²) < 4.78 is 17.2. The second-order valence-corrected chi connectivity index (χ2v) is 6.67. The normalized spacial score (nSPS) is 28.0. The lowest BCUT2D eigenvalue weighted by molar-refractivity contribution is -0.234. The molecular formula is C19H27NO4. The number of hydrogen-bond donors (Lipinski definition) is 0. The van der Waals surface area contributed by atoms with Gasteiger partial charge in [0.25, 0.3) is 0 Å². The molecule has 2 fully saturated rings. The average Bonchev–Trinajstić information content (AvgIpc) is 3.07. The van der Waals surface area contributed by atoms with Gasteiger partial charge in [-0.1, -0.05) is 37.3 Å². The smallest absolute Gasteiger partial charge is 0.323 e. The third-order valence-electron chi connectivity index (χ3n) is 5.23. The highest BCUT2D eigenvalue weighted by molar-refractivity contribution is 5.76. The molecule has 1 aromatic rings. The van der Waals surface area contributed by atoms with E-state index in [-0.39, 0.29) is 24.0 Å². The first-order valence-electron chi connectivity index (χ1n) is 8.82. The molecule has 3 rings (SSSR count). The highest BCUT2D eigenvalue weighted by Gasteiger charge is 2.52. The van der Waals surface area contributed by atoms with E-state index in [2.05, 4.69) is 30.9 Å². The number of nitrogens with zero attached hydrogens (tertiary/aromatic N) is 1. The van der Waals surface area contributed by atoms with Crippen molar-refractivity contribution in [2.45, 2.75) is 45.1 Å². The molecule has 0 aromatic heterocycles. The topological polar surface area (TPSA) is 48.0 Å². The number of likely N-dealkylation sites (tertiary alicyclic amines) is 1. The Labute approximate surface area is 143 Å². The van der Waals surface area contributed by atoms with E-state index in [9.17, 15) is 4.79 Å². The van der Waals surface area contributed by atoms with Gasteiger partial charge in [0.15, 0.2) is 5.79 Å². The van der Waals surface area contributed by atoms with Crippen molar-refractivity contribution in [2.24, 2.45) is 5.92 Å². The second kappa shape index (κ2) is 7.21. The van der Waals surface area contributed by atoms with Crippen LogP contribution in [0.4, 0.5) is 0 Å². The predicted octanol–water partition coefficient (Wildman–Crippen LogP) is 2.76. The van der Waals surface area contributed by atoms with Gasteiger partial charge in [0, 0.05) is 24.9 Å². The Morgan fingerprint density at radius 2 is 2.00 bits per heavy atom. The number of carbonyl (C=O) groups is 1. The number of hydrogen-bond acceptors (Lipinski definition) is 5. The first kappa shape index (κ1) is 17.4. The molecule has 0 bridgehead atoms. The molecule has 2 aliphatic rings. The first-order valence-corrected chi connectivity index (χ1v) is 8.82. The molecular weight excluding hydrogens is 306 g/mol. The van der Waals surface area contributed by atoms with E-state index in [1.807, 2.05) is 25.1 Å². The van der Waals surface area contributed by atoms with Crippen molar-refractivity contribution >= 4 is 5.97 Å². The van der Waals surface area contributed by atoms with E-state index in [0.717, 1.165) is 6.54 Å². The third-order valence-corrected chi connectivity index (χ3v) is 5.23. The number of rotatable bonds is 4. The van der Waals surface area contributed by atoms with Gasteiger partial charge in [-0.05, 0) is 19.4 Å². The molecule has 1 spiro atoms.